The van der Waals surface area contributed by atoms with Gasteiger partial charge in [0.15, 0.2) is 11.6 Å². The second kappa shape index (κ2) is 5.18. The third kappa shape index (κ3) is 2.33. The van der Waals surface area contributed by atoms with E-state index in [2.05, 4.69) is 4.98 Å². The average Bonchev–Trinajstić information content (AvgIpc) is 2.86. The Morgan fingerprint density at radius 2 is 2.10 bits per heavy atom. The summed E-state index contributed by atoms with van der Waals surface area (Å²) in [5.74, 6) is -0.0374. The van der Waals surface area contributed by atoms with Crippen molar-refractivity contribution in [3.63, 3.8) is 0 Å². The van der Waals surface area contributed by atoms with E-state index in [4.69, 9.17) is 9.47 Å². The summed E-state index contributed by atoms with van der Waals surface area (Å²) in [6, 6.07) is 0.127. The quantitative estimate of drug-likeness (QED) is 0.813. The molecule has 3 heterocycles. The molecule has 0 N–H and O–H groups in total. The lowest BCUT2D eigenvalue weighted by molar-refractivity contribution is -0.161. The van der Waals surface area contributed by atoms with Crippen molar-refractivity contribution in [2.45, 2.75) is 38.5 Å². The second-order valence-corrected chi connectivity index (χ2v) is 5.69. The summed E-state index contributed by atoms with van der Waals surface area (Å²) in [5.41, 5.74) is -0.0439. The molecule has 0 amide bonds. The minimum absolute atomic E-state index is 0.0439. The van der Waals surface area contributed by atoms with Crippen LogP contribution in [0, 0.1) is 0 Å². The topological polar surface area (TPSA) is 56.6 Å². The van der Waals surface area contributed by atoms with Crippen molar-refractivity contribution in [3.8, 4) is 0 Å². The molecule has 6 heteroatoms. The van der Waals surface area contributed by atoms with Crippen LogP contribution in [-0.2, 0) is 9.47 Å². The summed E-state index contributed by atoms with van der Waals surface area (Å²) in [6.07, 6.45) is 5.25. The number of nitrogens with zero attached hydrogens (tertiary/aromatic N) is 3. The number of ether oxygens (including phenoxy) is 2. The van der Waals surface area contributed by atoms with E-state index in [9.17, 15) is 4.79 Å². The van der Waals surface area contributed by atoms with Gasteiger partial charge in [-0.15, -0.1) is 0 Å². The van der Waals surface area contributed by atoms with Gasteiger partial charge in [0.1, 0.15) is 0 Å². The Labute approximate surface area is 118 Å². The zero-order valence-corrected chi connectivity index (χ0v) is 12.0. The van der Waals surface area contributed by atoms with Gasteiger partial charge < -0.3 is 18.9 Å². The van der Waals surface area contributed by atoms with Crippen molar-refractivity contribution < 1.29 is 9.47 Å². The van der Waals surface area contributed by atoms with E-state index >= 15 is 0 Å². The van der Waals surface area contributed by atoms with Crippen LogP contribution in [0.4, 0.5) is 5.82 Å². The number of hydrogen-bond donors (Lipinski definition) is 0. The zero-order valence-electron chi connectivity index (χ0n) is 12.0. The molecule has 1 aromatic rings. The highest BCUT2D eigenvalue weighted by molar-refractivity contribution is 5.37. The fourth-order valence-electron chi connectivity index (χ4n) is 2.94. The van der Waals surface area contributed by atoms with Gasteiger partial charge in [-0.25, -0.2) is 4.98 Å². The van der Waals surface area contributed by atoms with Crippen molar-refractivity contribution in [1.29, 1.82) is 0 Å². The van der Waals surface area contributed by atoms with Gasteiger partial charge in [-0.05, 0) is 20.3 Å². The summed E-state index contributed by atoms with van der Waals surface area (Å²) < 4.78 is 13.2. The van der Waals surface area contributed by atoms with E-state index in [0.717, 1.165) is 19.4 Å². The molecule has 0 atom stereocenters. The maximum atomic E-state index is 12.5. The highest BCUT2D eigenvalue weighted by Crippen LogP contribution is 2.31. The Morgan fingerprint density at radius 3 is 2.80 bits per heavy atom. The molecule has 0 aromatic carbocycles. The van der Waals surface area contributed by atoms with Gasteiger partial charge in [0.05, 0.1) is 19.8 Å². The van der Waals surface area contributed by atoms with Crippen LogP contribution in [0.3, 0.4) is 0 Å². The fraction of sp³-hybridized carbons (Fsp3) is 0.714. The van der Waals surface area contributed by atoms with E-state index in [-0.39, 0.29) is 11.6 Å². The predicted octanol–water partition coefficient (Wildman–Crippen LogP) is 1.17. The van der Waals surface area contributed by atoms with Gasteiger partial charge in [-0.2, -0.15) is 0 Å². The largest absolute Gasteiger partial charge is 0.347 e. The van der Waals surface area contributed by atoms with Crippen molar-refractivity contribution in [2.75, 3.05) is 31.2 Å². The van der Waals surface area contributed by atoms with Crippen molar-refractivity contribution in [1.82, 2.24) is 9.55 Å². The monoisotopic (exact) mass is 279 g/mol. The molecule has 0 aliphatic carbocycles. The van der Waals surface area contributed by atoms with Crippen LogP contribution in [0.2, 0.25) is 0 Å². The summed E-state index contributed by atoms with van der Waals surface area (Å²) >= 11 is 0. The van der Waals surface area contributed by atoms with Gasteiger partial charge >= 0.3 is 0 Å². The van der Waals surface area contributed by atoms with E-state index in [1.54, 1.807) is 17.0 Å². The third-order valence-corrected chi connectivity index (χ3v) is 3.94. The molecule has 0 saturated carbocycles. The first-order chi connectivity index (χ1) is 9.61. The van der Waals surface area contributed by atoms with E-state index < -0.39 is 5.79 Å². The Kier molecular flexibility index (Phi) is 3.52. The number of aromatic nitrogens is 2. The van der Waals surface area contributed by atoms with Crippen LogP contribution in [0.1, 0.15) is 32.7 Å². The summed E-state index contributed by atoms with van der Waals surface area (Å²) in [6.45, 7) is 6.65. The van der Waals surface area contributed by atoms with Crippen LogP contribution in [-0.4, -0.2) is 41.6 Å². The Balaban J connectivity index is 1.89. The number of anilines is 1. The Hall–Kier alpha value is -1.40. The van der Waals surface area contributed by atoms with Crippen LogP contribution < -0.4 is 10.5 Å². The molecule has 3 rings (SSSR count). The highest BCUT2D eigenvalue weighted by atomic mass is 16.7. The van der Waals surface area contributed by atoms with Gasteiger partial charge in [-0.3, -0.25) is 4.79 Å². The molecular formula is C14H21N3O3. The molecule has 0 radical (unpaired) electrons. The number of piperidine rings is 1. The zero-order chi connectivity index (χ0) is 14.2. The van der Waals surface area contributed by atoms with Gasteiger partial charge in [0.25, 0.3) is 5.56 Å². The molecule has 2 aliphatic heterocycles. The smallest absolute Gasteiger partial charge is 0.293 e. The van der Waals surface area contributed by atoms with Crippen molar-refractivity contribution in [3.05, 3.63) is 22.7 Å². The maximum Gasteiger partial charge on any atom is 0.293 e. The van der Waals surface area contributed by atoms with E-state index in [1.165, 1.54) is 0 Å². The van der Waals surface area contributed by atoms with Gasteiger partial charge in [0, 0.05) is 31.4 Å². The van der Waals surface area contributed by atoms with Crippen LogP contribution >= 0.6 is 0 Å². The molecule has 2 aliphatic rings. The van der Waals surface area contributed by atoms with Crippen LogP contribution in [0.25, 0.3) is 0 Å². The molecule has 1 spiro atoms. The lowest BCUT2D eigenvalue weighted by Crippen LogP contribution is -2.51. The summed E-state index contributed by atoms with van der Waals surface area (Å²) in [4.78, 5) is 18.8. The molecule has 0 unspecified atom stereocenters. The Bertz CT molecular complexity index is 535. The highest BCUT2D eigenvalue weighted by Gasteiger charge is 2.41. The van der Waals surface area contributed by atoms with Crippen molar-refractivity contribution >= 4 is 5.82 Å². The summed E-state index contributed by atoms with van der Waals surface area (Å²) in [5, 5.41) is 0. The average molecular weight is 279 g/mol. The fourth-order valence-corrected chi connectivity index (χ4v) is 2.94. The number of hydrogen-bond acceptors (Lipinski definition) is 5. The lowest BCUT2D eigenvalue weighted by Gasteiger charge is -2.38. The minimum atomic E-state index is -0.537. The second-order valence-electron chi connectivity index (χ2n) is 5.69. The SMILES string of the molecule is CC(C)n1ccnc(N2CCCC3(C2)OCCO3)c1=O. The molecule has 2 fully saturated rings. The molecule has 110 valence electrons. The molecule has 20 heavy (non-hydrogen) atoms. The minimum Gasteiger partial charge on any atom is -0.347 e. The van der Waals surface area contributed by atoms with Crippen LogP contribution in [0.15, 0.2) is 17.2 Å². The third-order valence-electron chi connectivity index (χ3n) is 3.94. The maximum absolute atomic E-state index is 12.5. The lowest BCUT2D eigenvalue weighted by atomic mass is 10.0. The molecule has 2 saturated heterocycles. The molecule has 6 nitrogen and oxygen atoms in total. The molecule has 1 aromatic heterocycles. The predicted molar refractivity (Wildman–Crippen MR) is 75.0 cm³/mol. The first-order valence-corrected chi connectivity index (χ1v) is 7.21. The first-order valence-electron chi connectivity index (χ1n) is 7.21. The van der Waals surface area contributed by atoms with Gasteiger partial charge in [0.2, 0.25) is 0 Å². The standard InChI is InChI=1S/C14H21N3O3/c1-11(2)17-7-5-15-12(13(17)18)16-6-3-4-14(10-16)19-8-9-20-14/h5,7,11H,3-4,6,8-10H2,1-2H3. The van der Waals surface area contributed by atoms with Crippen LogP contribution in [0.5, 0.6) is 0 Å². The van der Waals surface area contributed by atoms with Crippen molar-refractivity contribution in [2.24, 2.45) is 0 Å². The normalized spacial score (nSPS) is 21.9. The van der Waals surface area contributed by atoms with E-state index in [0.29, 0.717) is 25.6 Å². The van der Waals surface area contributed by atoms with Gasteiger partial charge in [-0.1, -0.05) is 0 Å². The Morgan fingerprint density at radius 1 is 1.35 bits per heavy atom. The summed E-state index contributed by atoms with van der Waals surface area (Å²) in [7, 11) is 0. The number of rotatable bonds is 2. The molecular weight excluding hydrogens is 258 g/mol. The molecule has 0 bridgehead atoms. The first kappa shape index (κ1) is 13.6. The van der Waals surface area contributed by atoms with E-state index in [1.807, 2.05) is 18.7 Å².